The van der Waals surface area contributed by atoms with E-state index in [0.29, 0.717) is 25.2 Å². The molecule has 20 heavy (non-hydrogen) atoms. The van der Waals surface area contributed by atoms with E-state index in [0.717, 1.165) is 18.8 Å². The Labute approximate surface area is 119 Å². The van der Waals surface area contributed by atoms with E-state index >= 15 is 0 Å². The van der Waals surface area contributed by atoms with E-state index in [1.54, 1.807) is 12.1 Å². The normalized spacial score (nSPS) is 18.6. The highest BCUT2D eigenvalue weighted by Crippen LogP contribution is 2.16. The van der Waals surface area contributed by atoms with Gasteiger partial charge in [-0.3, -0.25) is 5.10 Å². The predicted molar refractivity (Wildman–Crippen MR) is 75.5 cm³/mol. The standard InChI is InChI=1S/C11H22N6O2S/c1-9-10(8-12-2)11(14-13-9)20(18,19)15-17-6-4-16(3)5-7-17/h12,15H,4-8H2,1-3H3,(H,13,14). The Kier molecular flexibility index (Phi) is 4.76. The lowest BCUT2D eigenvalue weighted by Gasteiger charge is -2.31. The van der Waals surface area contributed by atoms with Crippen LogP contribution >= 0.6 is 0 Å². The molecule has 8 nitrogen and oxygen atoms in total. The molecular weight excluding hydrogens is 280 g/mol. The topological polar surface area (TPSA) is 93.4 Å². The van der Waals surface area contributed by atoms with Crippen molar-refractivity contribution in [2.24, 2.45) is 0 Å². The maximum absolute atomic E-state index is 12.4. The average molecular weight is 302 g/mol. The quantitative estimate of drug-likeness (QED) is 0.638. The number of aryl methyl sites for hydroxylation is 1. The predicted octanol–water partition coefficient (Wildman–Crippen LogP) is -1.12. The average Bonchev–Trinajstić information content (AvgIpc) is 2.75. The van der Waals surface area contributed by atoms with E-state index in [1.807, 2.05) is 14.0 Å². The van der Waals surface area contributed by atoms with Crippen LogP contribution in [0, 0.1) is 6.92 Å². The van der Waals surface area contributed by atoms with Gasteiger partial charge in [-0.2, -0.15) is 5.10 Å². The van der Waals surface area contributed by atoms with Crippen LogP contribution in [0.3, 0.4) is 0 Å². The van der Waals surface area contributed by atoms with E-state index in [9.17, 15) is 8.42 Å². The molecule has 0 unspecified atom stereocenters. The Hall–Kier alpha value is -1.00. The fraction of sp³-hybridized carbons (Fsp3) is 0.727. The number of rotatable bonds is 5. The van der Waals surface area contributed by atoms with E-state index in [-0.39, 0.29) is 5.03 Å². The molecule has 0 amide bonds. The van der Waals surface area contributed by atoms with Gasteiger partial charge >= 0.3 is 0 Å². The summed E-state index contributed by atoms with van der Waals surface area (Å²) >= 11 is 0. The molecule has 0 spiro atoms. The van der Waals surface area contributed by atoms with Crippen molar-refractivity contribution < 1.29 is 8.42 Å². The molecule has 0 radical (unpaired) electrons. The molecule has 0 aliphatic carbocycles. The lowest BCUT2D eigenvalue weighted by molar-refractivity contribution is 0.134. The summed E-state index contributed by atoms with van der Waals surface area (Å²) in [7, 11) is 0.162. The van der Waals surface area contributed by atoms with Crippen LogP contribution in [0.25, 0.3) is 0 Å². The summed E-state index contributed by atoms with van der Waals surface area (Å²) in [5.74, 6) is 0. The zero-order valence-electron chi connectivity index (χ0n) is 12.1. The number of aromatic nitrogens is 2. The second-order valence-electron chi connectivity index (χ2n) is 5.05. The minimum atomic E-state index is -3.63. The van der Waals surface area contributed by atoms with Gasteiger partial charge in [-0.05, 0) is 21.0 Å². The van der Waals surface area contributed by atoms with Gasteiger partial charge in [-0.25, -0.2) is 13.4 Å². The Morgan fingerprint density at radius 1 is 1.30 bits per heavy atom. The van der Waals surface area contributed by atoms with Crippen LogP contribution in [0.2, 0.25) is 0 Å². The summed E-state index contributed by atoms with van der Waals surface area (Å²) in [6.45, 7) is 5.29. The van der Waals surface area contributed by atoms with Gasteiger partial charge in [0.2, 0.25) is 0 Å². The maximum atomic E-state index is 12.4. The molecule has 2 rings (SSSR count). The maximum Gasteiger partial charge on any atom is 0.273 e. The van der Waals surface area contributed by atoms with Gasteiger partial charge in [0.25, 0.3) is 10.0 Å². The van der Waals surface area contributed by atoms with Crippen molar-refractivity contribution in [3.8, 4) is 0 Å². The monoisotopic (exact) mass is 302 g/mol. The second kappa shape index (κ2) is 6.19. The first-order chi connectivity index (χ1) is 9.44. The number of likely N-dealkylation sites (N-methyl/N-ethyl adjacent to an activating group) is 1. The fourth-order valence-electron chi connectivity index (χ4n) is 2.15. The zero-order chi connectivity index (χ0) is 14.8. The fourth-order valence-corrected chi connectivity index (χ4v) is 3.47. The van der Waals surface area contributed by atoms with Gasteiger partial charge < -0.3 is 10.2 Å². The first-order valence-electron chi connectivity index (χ1n) is 6.58. The third-order valence-corrected chi connectivity index (χ3v) is 4.74. The van der Waals surface area contributed by atoms with Crippen LogP contribution in [-0.4, -0.2) is 68.8 Å². The molecule has 1 aliphatic rings. The van der Waals surface area contributed by atoms with Gasteiger partial charge in [0.15, 0.2) is 5.03 Å². The number of hydrogen-bond donors (Lipinski definition) is 3. The van der Waals surface area contributed by atoms with Gasteiger partial charge in [-0.15, -0.1) is 4.83 Å². The molecule has 0 atom stereocenters. The molecule has 1 aromatic heterocycles. The lowest BCUT2D eigenvalue weighted by Crippen LogP contribution is -2.52. The third-order valence-electron chi connectivity index (χ3n) is 3.40. The molecule has 2 heterocycles. The molecule has 1 saturated heterocycles. The van der Waals surface area contributed by atoms with Crippen LogP contribution in [0.4, 0.5) is 0 Å². The molecule has 1 fully saturated rings. The Morgan fingerprint density at radius 3 is 2.55 bits per heavy atom. The summed E-state index contributed by atoms with van der Waals surface area (Å²) < 4.78 is 24.8. The number of aromatic amines is 1. The number of piperazine rings is 1. The second-order valence-corrected chi connectivity index (χ2v) is 6.62. The van der Waals surface area contributed by atoms with Crippen LogP contribution in [0.1, 0.15) is 11.3 Å². The molecule has 1 aliphatic heterocycles. The molecule has 114 valence electrons. The molecule has 1 aromatic rings. The van der Waals surface area contributed by atoms with Crippen molar-refractivity contribution in [3.63, 3.8) is 0 Å². The van der Waals surface area contributed by atoms with E-state index in [4.69, 9.17) is 0 Å². The van der Waals surface area contributed by atoms with Crippen LogP contribution in [-0.2, 0) is 16.6 Å². The summed E-state index contributed by atoms with van der Waals surface area (Å²) in [6, 6.07) is 0. The van der Waals surface area contributed by atoms with Gasteiger partial charge in [-0.1, -0.05) is 0 Å². The highest BCUT2D eigenvalue weighted by molar-refractivity contribution is 7.89. The first-order valence-corrected chi connectivity index (χ1v) is 8.06. The number of hydrazine groups is 1. The number of sulfonamides is 1. The van der Waals surface area contributed by atoms with Crippen LogP contribution < -0.4 is 10.1 Å². The minimum absolute atomic E-state index is 0.0725. The molecule has 3 N–H and O–H groups in total. The van der Waals surface area contributed by atoms with Crippen LogP contribution in [0.15, 0.2) is 5.03 Å². The highest BCUT2D eigenvalue weighted by Gasteiger charge is 2.26. The molecule has 0 bridgehead atoms. The van der Waals surface area contributed by atoms with Gasteiger partial charge in [0.1, 0.15) is 0 Å². The van der Waals surface area contributed by atoms with Crippen LogP contribution in [0.5, 0.6) is 0 Å². The van der Waals surface area contributed by atoms with E-state index in [2.05, 4.69) is 25.2 Å². The SMILES string of the molecule is CNCc1c(S(=O)(=O)NN2CCN(C)CC2)n[nH]c1C. The molecule has 0 saturated carbocycles. The van der Waals surface area contributed by atoms with Crippen molar-refractivity contribution in [2.45, 2.75) is 18.5 Å². The van der Waals surface area contributed by atoms with Crippen molar-refractivity contribution in [1.82, 2.24) is 30.3 Å². The molecule has 9 heteroatoms. The van der Waals surface area contributed by atoms with Gasteiger partial charge in [0.05, 0.1) is 0 Å². The van der Waals surface area contributed by atoms with E-state index in [1.165, 1.54) is 0 Å². The van der Waals surface area contributed by atoms with Gasteiger partial charge in [0, 0.05) is 44.0 Å². The Bertz CT molecular complexity index is 547. The molecule has 0 aromatic carbocycles. The number of nitrogens with one attached hydrogen (secondary N) is 3. The molecular formula is C11H22N6O2S. The minimum Gasteiger partial charge on any atom is -0.316 e. The van der Waals surface area contributed by atoms with Crippen molar-refractivity contribution in [2.75, 3.05) is 40.3 Å². The largest absolute Gasteiger partial charge is 0.316 e. The number of hydrogen-bond acceptors (Lipinski definition) is 6. The van der Waals surface area contributed by atoms with Crippen molar-refractivity contribution >= 4 is 10.0 Å². The lowest BCUT2D eigenvalue weighted by atomic mass is 10.3. The smallest absolute Gasteiger partial charge is 0.273 e. The van der Waals surface area contributed by atoms with E-state index < -0.39 is 10.0 Å². The van der Waals surface area contributed by atoms with Crippen molar-refractivity contribution in [1.29, 1.82) is 0 Å². The summed E-state index contributed by atoms with van der Waals surface area (Å²) in [5, 5.41) is 11.4. The zero-order valence-corrected chi connectivity index (χ0v) is 12.9. The summed E-state index contributed by atoms with van der Waals surface area (Å²) in [5.41, 5.74) is 1.44. The Morgan fingerprint density at radius 2 is 1.95 bits per heavy atom. The first kappa shape index (κ1) is 15.4. The summed E-state index contributed by atoms with van der Waals surface area (Å²) in [6.07, 6.45) is 0. The highest BCUT2D eigenvalue weighted by atomic mass is 32.2. The Balaban J connectivity index is 2.14. The number of H-pyrrole nitrogens is 1. The third kappa shape index (κ3) is 3.36. The number of nitrogens with zero attached hydrogens (tertiary/aromatic N) is 3. The summed E-state index contributed by atoms with van der Waals surface area (Å²) in [4.78, 5) is 4.78. The van der Waals surface area contributed by atoms with Crippen molar-refractivity contribution in [3.05, 3.63) is 11.3 Å².